The molecule has 0 unspecified atom stereocenters. The third-order valence-corrected chi connectivity index (χ3v) is 3.59. The van der Waals surface area contributed by atoms with Crippen molar-refractivity contribution in [3.05, 3.63) is 36.5 Å². The summed E-state index contributed by atoms with van der Waals surface area (Å²) >= 11 is 0. The summed E-state index contributed by atoms with van der Waals surface area (Å²) in [5, 5.41) is 7.92. The molecule has 0 atom stereocenters. The van der Waals surface area contributed by atoms with Crippen molar-refractivity contribution in [1.82, 2.24) is 15.2 Å². The SMILES string of the molecule is CN=C(NCCCOC)NCCCn1ccc2ccccc21. The van der Waals surface area contributed by atoms with Crippen LogP contribution in [0.4, 0.5) is 0 Å². The fourth-order valence-electron chi connectivity index (χ4n) is 2.44. The second-order valence-electron chi connectivity index (χ2n) is 5.19. The van der Waals surface area contributed by atoms with Crippen molar-refractivity contribution < 1.29 is 4.74 Å². The standard InChI is InChI=1S/C17H26N4O/c1-18-17(20-11-6-14-22-2)19-10-5-12-21-13-9-15-7-3-4-8-16(15)21/h3-4,7-9,13H,5-6,10-12,14H2,1-2H3,(H2,18,19,20). The number of aromatic nitrogens is 1. The maximum absolute atomic E-state index is 5.03. The van der Waals surface area contributed by atoms with Gasteiger partial charge in [0.15, 0.2) is 5.96 Å². The molecule has 22 heavy (non-hydrogen) atoms. The molecule has 120 valence electrons. The van der Waals surface area contributed by atoms with E-state index in [1.807, 2.05) is 0 Å². The molecule has 1 heterocycles. The molecule has 1 aromatic carbocycles. The molecule has 0 spiro atoms. The number of hydrogen-bond donors (Lipinski definition) is 2. The number of ether oxygens (including phenoxy) is 1. The first-order valence-corrected chi connectivity index (χ1v) is 7.82. The van der Waals surface area contributed by atoms with Gasteiger partial charge in [0.2, 0.25) is 0 Å². The predicted octanol–water partition coefficient (Wildman–Crippen LogP) is 2.23. The van der Waals surface area contributed by atoms with E-state index in [0.29, 0.717) is 0 Å². The van der Waals surface area contributed by atoms with Gasteiger partial charge in [-0.3, -0.25) is 4.99 Å². The van der Waals surface area contributed by atoms with Crippen LogP contribution in [0.25, 0.3) is 10.9 Å². The number of hydrogen-bond acceptors (Lipinski definition) is 2. The molecule has 2 rings (SSSR count). The summed E-state index contributed by atoms with van der Waals surface area (Å²) in [5.41, 5.74) is 1.30. The summed E-state index contributed by atoms with van der Waals surface area (Å²) < 4.78 is 7.33. The maximum Gasteiger partial charge on any atom is 0.190 e. The van der Waals surface area contributed by atoms with Gasteiger partial charge in [-0.15, -0.1) is 0 Å². The van der Waals surface area contributed by atoms with Crippen molar-refractivity contribution in [3.63, 3.8) is 0 Å². The van der Waals surface area contributed by atoms with Gasteiger partial charge >= 0.3 is 0 Å². The van der Waals surface area contributed by atoms with Crippen LogP contribution in [0.5, 0.6) is 0 Å². The highest BCUT2D eigenvalue weighted by molar-refractivity contribution is 5.80. The molecule has 0 aliphatic rings. The van der Waals surface area contributed by atoms with E-state index >= 15 is 0 Å². The minimum atomic E-state index is 0.769. The van der Waals surface area contributed by atoms with Gasteiger partial charge < -0.3 is 19.9 Å². The first-order chi connectivity index (χ1) is 10.8. The number of nitrogens with zero attached hydrogens (tertiary/aromatic N) is 2. The van der Waals surface area contributed by atoms with Crippen molar-refractivity contribution in [2.75, 3.05) is 33.9 Å². The zero-order chi connectivity index (χ0) is 15.6. The van der Waals surface area contributed by atoms with Crippen LogP contribution >= 0.6 is 0 Å². The van der Waals surface area contributed by atoms with Crippen LogP contribution in [0.2, 0.25) is 0 Å². The summed E-state index contributed by atoms with van der Waals surface area (Å²) in [6, 6.07) is 10.6. The molecule has 0 fully saturated rings. The Kier molecular flexibility index (Phi) is 6.77. The summed E-state index contributed by atoms with van der Waals surface area (Å²) in [5.74, 6) is 0.855. The monoisotopic (exact) mass is 302 g/mol. The van der Waals surface area contributed by atoms with E-state index in [1.165, 1.54) is 10.9 Å². The van der Waals surface area contributed by atoms with Crippen molar-refractivity contribution in [2.45, 2.75) is 19.4 Å². The average molecular weight is 302 g/mol. The van der Waals surface area contributed by atoms with E-state index in [4.69, 9.17) is 4.74 Å². The second kappa shape index (κ2) is 9.10. The van der Waals surface area contributed by atoms with Crippen molar-refractivity contribution in [3.8, 4) is 0 Å². The first kappa shape index (κ1) is 16.4. The van der Waals surface area contributed by atoms with E-state index in [0.717, 1.165) is 45.0 Å². The molecule has 1 aromatic heterocycles. The van der Waals surface area contributed by atoms with Crippen molar-refractivity contribution in [2.24, 2.45) is 4.99 Å². The molecule has 0 bridgehead atoms. The van der Waals surface area contributed by atoms with Crippen LogP contribution in [0.3, 0.4) is 0 Å². The summed E-state index contributed by atoms with van der Waals surface area (Å²) in [7, 11) is 3.52. The topological polar surface area (TPSA) is 50.6 Å². The van der Waals surface area contributed by atoms with Gasteiger partial charge in [0, 0.05) is 52.1 Å². The molecular weight excluding hydrogens is 276 g/mol. The molecule has 5 nitrogen and oxygen atoms in total. The highest BCUT2D eigenvalue weighted by Gasteiger charge is 2.00. The number of methoxy groups -OCH3 is 1. The number of aryl methyl sites for hydroxylation is 1. The quantitative estimate of drug-likeness (QED) is 0.447. The molecule has 0 saturated carbocycles. The Labute approximate surface area is 132 Å². The Morgan fingerprint density at radius 1 is 1.14 bits per heavy atom. The van der Waals surface area contributed by atoms with E-state index in [9.17, 15) is 0 Å². The van der Waals surface area contributed by atoms with Crippen LogP contribution in [0, 0.1) is 0 Å². The number of aliphatic imine (C=N–C) groups is 1. The van der Waals surface area contributed by atoms with Crippen LogP contribution < -0.4 is 10.6 Å². The van der Waals surface area contributed by atoms with E-state index in [2.05, 4.69) is 56.7 Å². The average Bonchev–Trinajstić information content (AvgIpc) is 2.97. The normalized spacial score (nSPS) is 11.8. The molecule has 0 amide bonds. The van der Waals surface area contributed by atoms with E-state index in [1.54, 1.807) is 14.2 Å². The first-order valence-electron chi connectivity index (χ1n) is 7.82. The minimum Gasteiger partial charge on any atom is -0.385 e. The largest absolute Gasteiger partial charge is 0.385 e. The zero-order valence-corrected chi connectivity index (χ0v) is 13.5. The lowest BCUT2D eigenvalue weighted by Gasteiger charge is -2.12. The molecule has 0 aliphatic carbocycles. The molecule has 0 saturated heterocycles. The van der Waals surface area contributed by atoms with Crippen molar-refractivity contribution >= 4 is 16.9 Å². The number of nitrogens with one attached hydrogen (secondary N) is 2. The van der Waals surface area contributed by atoms with Gasteiger partial charge in [0.25, 0.3) is 0 Å². The minimum absolute atomic E-state index is 0.769. The molecule has 5 heteroatoms. The number of guanidine groups is 1. The third-order valence-electron chi connectivity index (χ3n) is 3.59. The Morgan fingerprint density at radius 3 is 2.68 bits per heavy atom. The second-order valence-corrected chi connectivity index (χ2v) is 5.19. The molecule has 0 aliphatic heterocycles. The Hall–Kier alpha value is -2.01. The summed E-state index contributed by atoms with van der Waals surface area (Å²) in [4.78, 5) is 4.22. The number of rotatable bonds is 8. The number of benzene rings is 1. The van der Waals surface area contributed by atoms with Gasteiger partial charge in [-0.05, 0) is 30.4 Å². The fraction of sp³-hybridized carbons (Fsp3) is 0.471. The van der Waals surface area contributed by atoms with Gasteiger partial charge in [-0.25, -0.2) is 0 Å². The van der Waals surface area contributed by atoms with Crippen molar-refractivity contribution in [1.29, 1.82) is 0 Å². The van der Waals surface area contributed by atoms with E-state index in [-0.39, 0.29) is 0 Å². The Bertz CT molecular complexity index is 591. The smallest absolute Gasteiger partial charge is 0.190 e. The molecular formula is C17H26N4O. The summed E-state index contributed by atoms with van der Waals surface area (Å²) in [6.07, 6.45) is 4.19. The van der Waals surface area contributed by atoms with E-state index < -0.39 is 0 Å². The predicted molar refractivity (Wildman–Crippen MR) is 92.4 cm³/mol. The van der Waals surface area contributed by atoms with Crippen LogP contribution in [0.15, 0.2) is 41.5 Å². The van der Waals surface area contributed by atoms with Gasteiger partial charge in [0.05, 0.1) is 0 Å². The number of para-hydroxylation sites is 1. The third kappa shape index (κ3) is 4.77. The lowest BCUT2D eigenvalue weighted by molar-refractivity contribution is 0.195. The summed E-state index contributed by atoms with van der Waals surface area (Å²) in [6.45, 7) is 3.54. The highest BCUT2D eigenvalue weighted by Crippen LogP contribution is 2.15. The molecule has 2 aromatic rings. The Morgan fingerprint density at radius 2 is 1.91 bits per heavy atom. The highest BCUT2D eigenvalue weighted by atomic mass is 16.5. The molecule has 0 radical (unpaired) electrons. The Balaban J connectivity index is 1.70. The molecule has 2 N–H and O–H groups in total. The lowest BCUT2D eigenvalue weighted by Crippen LogP contribution is -2.38. The van der Waals surface area contributed by atoms with Gasteiger partial charge in [-0.2, -0.15) is 0 Å². The maximum atomic E-state index is 5.03. The number of fused-ring (bicyclic) bond motifs is 1. The van der Waals surface area contributed by atoms with Crippen LogP contribution in [0.1, 0.15) is 12.8 Å². The van der Waals surface area contributed by atoms with Gasteiger partial charge in [0.1, 0.15) is 0 Å². The zero-order valence-electron chi connectivity index (χ0n) is 13.5. The fourth-order valence-corrected chi connectivity index (χ4v) is 2.44. The van der Waals surface area contributed by atoms with Crippen LogP contribution in [-0.4, -0.2) is 44.4 Å². The lowest BCUT2D eigenvalue weighted by atomic mass is 10.2. The van der Waals surface area contributed by atoms with Crippen LogP contribution in [-0.2, 0) is 11.3 Å². The van der Waals surface area contributed by atoms with Gasteiger partial charge in [-0.1, -0.05) is 18.2 Å².